The molecule has 0 unspecified atom stereocenters. The molecule has 0 atom stereocenters. The van der Waals surface area contributed by atoms with E-state index in [9.17, 15) is 4.79 Å². The first-order valence-corrected chi connectivity index (χ1v) is 6.77. The number of hydrogen-bond acceptors (Lipinski definition) is 6. The number of aromatic nitrogens is 1. The molecule has 7 nitrogen and oxygen atoms in total. The van der Waals surface area contributed by atoms with Gasteiger partial charge in [-0.05, 0) is 17.7 Å². The van der Waals surface area contributed by atoms with Crippen LogP contribution in [-0.4, -0.2) is 41.5 Å². The van der Waals surface area contributed by atoms with Crippen molar-refractivity contribution in [2.45, 2.75) is 6.54 Å². The van der Waals surface area contributed by atoms with Crippen LogP contribution in [-0.2, 0) is 11.3 Å². The molecule has 3 heterocycles. The monoisotopic (exact) mass is 297 g/mol. The van der Waals surface area contributed by atoms with E-state index in [2.05, 4.69) is 20.3 Å². The van der Waals surface area contributed by atoms with E-state index in [0.29, 0.717) is 24.7 Å². The fourth-order valence-corrected chi connectivity index (χ4v) is 2.08. The summed E-state index contributed by atoms with van der Waals surface area (Å²) in [6.45, 7) is 0.798. The summed E-state index contributed by atoms with van der Waals surface area (Å²) in [5.74, 6) is 0.319. The van der Waals surface area contributed by atoms with E-state index >= 15 is 0 Å². The Kier molecular flexibility index (Phi) is 3.95. The molecule has 0 bridgehead atoms. The van der Waals surface area contributed by atoms with Gasteiger partial charge in [0.05, 0.1) is 31.9 Å². The zero-order chi connectivity index (χ0) is 15.4. The molecule has 1 aromatic heterocycles. The van der Waals surface area contributed by atoms with Crippen molar-refractivity contribution in [2.24, 2.45) is 9.98 Å². The van der Waals surface area contributed by atoms with Crippen molar-refractivity contribution in [1.82, 2.24) is 15.2 Å². The van der Waals surface area contributed by atoms with Crippen molar-refractivity contribution in [1.29, 1.82) is 0 Å². The molecule has 0 spiro atoms. The Morgan fingerprint density at radius 3 is 3.27 bits per heavy atom. The second kappa shape index (κ2) is 6.21. The third kappa shape index (κ3) is 3.03. The van der Waals surface area contributed by atoms with E-state index in [1.54, 1.807) is 38.1 Å². The number of carbonyl (C=O) groups is 1. The molecule has 0 aliphatic carbocycles. The van der Waals surface area contributed by atoms with Crippen LogP contribution in [0, 0.1) is 0 Å². The largest absolute Gasteiger partial charge is 0.481 e. The van der Waals surface area contributed by atoms with Gasteiger partial charge in [-0.15, -0.1) is 0 Å². The Balaban J connectivity index is 1.63. The average molecular weight is 297 g/mol. The average Bonchev–Trinajstić information content (AvgIpc) is 2.59. The summed E-state index contributed by atoms with van der Waals surface area (Å²) < 4.78 is 5.05. The summed E-state index contributed by atoms with van der Waals surface area (Å²) >= 11 is 0. The van der Waals surface area contributed by atoms with E-state index in [0.717, 1.165) is 11.3 Å². The molecule has 7 heteroatoms. The number of nitrogens with zero attached hydrogens (tertiary/aromatic N) is 4. The molecule has 112 valence electrons. The lowest BCUT2D eigenvalue weighted by molar-refractivity contribution is -0.115. The van der Waals surface area contributed by atoms with Gasteiger partial charge in [-0.25, -0.2) is 9.98 Å². The predicted octanol–water partition coefficient (Wildman–Crippen LogP) is 0.860. The van der Waals surface area contributed by atoms with Gasteiger partial charge in [0.2, 0.25) is 5.88 Å². The number of pyridine rings is 1. The highest BCUT2D eigenvalue weighted by atomic mass is 16.5. The smallest absolute Gasteiger partial charge is 0.267 e. The molecule has 0 fully saturated rings. The SMILES string of the molecule is COc1cc(CNC(=O)C2=NC=C3C=CN=CN3C2)ccn1. The zero-order valence-electron chi connectivity index (χ0n) is 12.1. The number of allylic oxidation sites excluding steroid dienone is 1. The Hall–Kier alpha value is -2.96. The summed E-state index contributed by atoms with van der Waals surface area (Å²) in [6.07, 6.45) is 8.53. The number of fused-ring (bicyclic) bond motifs is 1. The molecule has 2 aliphatic heterocycles. The summed E-state index contributed by atoms with van der Waals surface area (Å²) in [6, 6.07) is 3.61. The molecule has 0 saturated heterocycles. The molecule has 0 saturated carbocycles. The first-order valence-electron chi connectivity index (χ1n) is 6.77. The molecule has 1 aromatic rings. The lowest BCUT2D eigenvalue weighted by atomic mass is 10.2. The van der Waals surface area contributed by atoms with Gasteiger partial charge in [-0.1, -0.05) is 0 Å². The maximum absolute atomic E-state index is 12.2. The number of carbonyl (C=O) groups excluding carboxylic acids is 1. The minimum absolute atomic E-state index is 0.200. The minimum atomic E-state index is -0.200. The molecule has 2 aliphatic rings. The van der Waals surface area contributed by atoms with Crippen molar-refractivity contribution < 1.29 is 9.53 Å². The van der Waals surface area contributed by atoms with Gasteiger partial charge in [-0.3, -0.25) is 9.79 Å². The molecule has 3 rings (SSSR count). The van der Waals surface area contributed by atoms with Crippen LogP contribution < -0.4 is 10.1 Å². The number of hydrogen-bond donors (Lipinski definition) is 1. The number of aliphatic imine (C=N–C) groups is 2. The van der Waals surface area contributed by atoms with E-state index in [4.69, 9.17) is 4.74 Å². The zero-order valence-corrected chi connectivity index (χ0v) is 12.1. The summed E-state index contributed by atoms with van der Waals surface area (Å²) in [7, 11) is 1.56. The van der Waals surface area contributed by atoms with Crippen LogP contribution in [0.1, 0.15) is 5.56 Å². The van der Waals surface area contributed by atoms with Gasteiger partial charge in [0.1, 0.15) is 5.71 Å². The Morgan fingerprint density at radius 1 is 1.50 bits per heavy atom. The van der Waals surface area contributed by atoms with Gasteiger partial charge >= 0.3 is 0 Å². The summed E-state index contributed by atoms with van der Waals surface area (Å²) in [5, 5.41) is 2.84. The third-order valence-corrected chi connectivity index (χ3v) is 3.27. The van der Waals surface area contributed by atoms with Crippen LogP contribution in [0.4, 0.5) is 0 Å². The van der Waals surface area contributed by atoms with Gasteiger partial charge in [0.25, 0.3) is 5.91 Å². The molecule has 0 radical (unpaired) electrons. The van der Waals surface area contributed by atoms with E-state index in [-0.39, 0.29) is 5.91 Å². The number of nitrogens with one attached hydrogen (secondary N) is 1. The van der Waals surface area contributed by atoms with Crippen LogP contribution in [0.2, 0.25) is 0 Å². The standard InChI is InChI=1S/C15H15N5O2/c1-22-14-6-11(2-5-17-14)7-19-15(21)13-9-20-10-16-4-3-12(20)8-18-13/h2-6,8,10H,7,9H2,1H3,(H,19,21). The van der Waals surface area contributed by atoms with Crippen molar-refractivity contribution in [3.63, 3.8) is 0 Å². The van der Waals surface area contributed by atoms with Gasteiger partial charge in [0, 0.05) is 25.0 Å². The molecular formula is C15H15N5O2. The van der Waals surface area contributed by atoms with Crippen LogP contribution in [0.15, 0.2) is 52.5 Å². The van der Waals surface area contributed by atoms with E-state index in [1.165, 1.54) is 0 Å². The van der Waals surface area contributed by atoms with Crippen LogP contribution >= 0.6 is 0 Å². The molecule has 1 N–H and O–H groups in total. The molecule has 1 amide bonds. The summed E-state index contributed by atoms with van der Waals surface area (Å²) in [4.78, 5) is 26.3. The maximum atomic E-state index is 12.2. The van der Waals surface area contributed by atoms with Crippen molar-refractivity contribution in [3.8, 4) is 5.88 Å². The fraction of sp³-hybridized carbons (Fsp3) is 0.200. The second-order valence-electron chi connectivity index (χ2n) is 4.73. The fourth-order valence-electron chi connectivity index (χ4n) is 2.08. The Labute approximate surface area is 127 Å². The first-order chi connectivity index (χ1) is 10.8. The van der Waals surface area contributed by atoms with Crippen molar-refractivity contribution in [2.75, 3.05) is 13.7 Å². The Morgan fingerprint density at radius 2 is 2.41 bits per heavy atom. The third-order valence-electron chi connectivity index (χ3n) is 3.27. The number of methoxy groups -OCH3 is 1. The highest BCUT2D eigenvalue weighted by Gasteiger charge is 2.20. The lowest BCUT2D eigenvalue weighted by Gasteiger charge is -2.25. The van der Waals surface area contributed by atoms with Crippen LogP contribution in [0.25, 0.3) is 0 Å². The molecule has 0 aromatic carbocycles. The number of amides is 1. The first kappa shape index (κ1) is 14.0. The molecule has 22 heavy (non-hydrogen) atoms. The summed E-state index contributed by atoms with van der Waals surface area (Å²) in [5.41, 5.74) is 2.28. The van der Waals surface area contributed by atoms with Gasteiger partial charge in [0.15, 0.2) is 0 Å². The predicted molar refractivity (Wildman–Crippen MR) is 82.5 cm³/mol. The maximum Gasteiger partial charge on any atom is 0.267 e. The lowest BCUT2D eigenvalue weighted by Crippen LogP contribution is -2.40. The highest BCUT2D eigenvalue weighted by Crippen LogP contribution is 2.13. The number of ether oxygens (including phenoxy) is 1. The Bertz CT molecular complexity index is 706. The van der Waals surface area contributed by atoms with Crippen LogP contribution in [0.5, 0.6) is 5.88 Å². The number of rotatable bonds is 4. The normalized spacial score (nSPS) is 15.8. The van der Waals surface area contributed by atoms with Crippen molar-refractivity contribution >= 4 is 18.0 Å². The van der Waals surface area contributed by atoms with Crippen molar-refractivity contribution in [3.05, 3.63) is 48.1 Å². The van der Waals surface area contributed by atoms with E-state index in [1.807, 2.05) is 17.0 Å². The van der Waals surface area contributed by atoms with E-state index < -0.39 is 0 Å². The molecular weight excluding hydrogens is 282 g/mol. The van der Waals surface area contributed by atoms with Gasteiger partial charge in [-0.2, -0.15) is 0 Å². The topological polar surface area (TPSA) is 79.2 Å². The second-order valence-corrected chi connectivity index (χ2v) is 4.73. The quantitative estimate of drug-likeness (QED) is 0.894. The highest BCUT2D eigenvalue weighted by molar-refractivity contribution is 6.40. The van der Waals surface area contributed by atoms with Crippen LogP contribution in [0.3, 0.4) is 0 Å². The minimum Gasteiger partial charge on any atom is -0.481 e. The van der Waals surface area contributed by atoms with Gasteiger partial charge < -0.3 is 15.0 Å².